The van der Waals surface area contributed by atoms with Crippen LogP contribution in [0.5, 0.6) is 0 Å². The number of carbonyl (C=O) groups excluding carboxylic acids is 1. The average molecular weight is 301 g/mol. The second kappa shape index (κ2) is 7.92. The largest absolute Gasteiger partial charge is 0.618 e. The molecule has 0 aliphatic heterocycles. The Hall–Kier alpha value is -0.390. The molecule has 0 aliphatic rings. The molecule has 6 nitrogen and oxygen atoms in total. The lowest BCUT2D eigenvalue weighted by Crippen LogP contribution is -2.31. The minimum absolute atomic E-state index is 0.0631. The molecule has 106 valence electrons. The number of carbonyl (C=O) groups is 1. The molecule has 0 aromatic heterocycles. The van der Waals surface area contributed by atoms with Crippen LogP contribution < -0.4 is 0 Å². The van der Waals surface area contributed by atoms with E-state index in [1.165, 1.54) is 26.0 Å². The number of rotatable bonds is 7. The van der Waals surface area contributed by atoms with E-state index < -0.39 is 8.17 Å². The van der Waals surface area contributed by atoms with E-state index in [0.29, 0.717) is 13.1 Å². The Morgan fingerprint density at radius 3 is 2.06 bits per heavy atom. The molecule has 0 spiro atoms. The molecule has 1 N–H and O–H groups in total. The molecule has 0 unspecified atom stereocenters. The van der Waals surface area contributed by atoms with Crippen molar-refractivity contribution in [3.63, 3.8) is 0 Å². The van der Waals surface area contributed by atoms with Gasteiger partial charge in [-0.2, -0.15) is 4.89 Å². The molecule has 0 saturated heterocycles. The predicted octanol–water partition coefficient (Wildman–Crippen LogP) is 2.30. The molecular formula is C10H20ClNO5P+. The topological polar surface area (TPSA) is 68.2 Å². The van der Waals surface area contributed by atoms with Crippen LogP contribution in [0.15, 0.2) is 10.8 Å². The van der Waals surface area contributed by atoms with Crippen LogP contribution in [-0.4, -0.2) is 43.0 Å². The van der Waals surface area contributed by atoms with Crippen LogP contribution in [0.25, 0.3) is 0 Å². The molecule has 1 amide bonds. The van der Waals surface area contributed by atoms with E-state index in [4.69, 9.17) is 25.2 Å². The van der Waals surface area contributed by atoms with Gasteiger partial charge in [0.15, 0.2) is 5.76 Å². The summed E-state index contributed by atoms with van der Waals surface area (Å²) in [6, 6.07) is 0. The molecular weight excluding hydrogens is 281 g/mol. The molecule has 0 bridgehead atoms. The highest BCUT2D eigenvalue weighted by Gasteiger charge is 2.44. The summed E-state index contributed by atoms with van der Waals surface area (Å²) in [5.41, 5.74) is 0. The van der Waals surface area contributed by atoms with Crippen molar-refractivity contribution in [2.45, 2.75) is 20.8 Å². The molecule has 0 aromatic rings. The van der Waals surface area contributed by atoms with Crippen LogP contribution in [0.3, 0.4) is 0 Å². The van der Waals surface area contributed by atoms with Gasteiger partial charge in [0.2, 0.25) is 0 Å². The van der Waals surface area contributed by atoms with Crippen LogP contribution in [0.1, 0.15) is 20.8 Å². The molecule has 0 atom stereocenters. The Balaban J connectivity index is 4.96. The Kier molecular flexibility index (Phi) is 7.75. The summed E-state index contributed by atoms with van der Waals surface area (Å²) in [6.07, 6.45) is 0. The number of halogens is 1. The number of hydrogen-bond acceptors (Lipinski definition) is 5. The molecule has 18 heavy (non-hydrogen) atoms. The molecule has 0 fully saturated rings. The van der Waals surface area contributed by atoms with Gasteiger partial charge in [-0.25, -0.2) is 0 Å². The van der Waals surface area contributed by atoms with Crippen LogP contribution in [-0.2, 0) is 18.4 Å². The fraction of sp³-hybridized carbons (Fsp3) is 0.700. The lowest BCUT2D eigenvalue weighted by atomic mass is 10.4. The molecule has 0 aromatic carbocycles. The predicted molar refractivity (Wildman–Crippen MR) is 70.7 cm³/mol. The molecule has 0 saturated carbocycles. The van der Waals surface area contributed by atoms with Crippen molar-refractivity contribution in [2.24, 2.45) is 0 Å². The monoisotopic (exact) mass is 300 g/mol. The van der Waals surface area contributed by atoms with Crippen molar-refractivity contribution < 1.29 is 23.3 Å². The first kappa shape index (κ1) is 17.6. The van der Waals surface area contributed by atoms with Gasteiger partial charge in [-0.1, -0.05) is 11.6 Å². The Bertz CT molecular complexity index is 315. The SMILES string of the molecule is CCN(CC)C(=O)C(Cl)=C(C)O[P+](O)(OC)OC. The van der Waals surface area contributed by atoms with Crippen LogP contribution in [0.4, 0.5) is 0 Å². The van der Waals surface area contributed by atoms with E-state index >= 15 is 0 Å². The van der Waals surface area contributed by atoms with E-state index in [2.05, 4.69) is 0 Å². The van der Waals surface area contributed by atoms with E-state index in [9.17, 15) is 9.69 Å². The lowest BCUT2D eigenvalue weighted by Gasteiger charge is -2.19. The van der Waals surface area contributed by atoms with Gasteiger partial charge in [0, 0.05) is 20.0 Å². The third kappa shape index (κ3) is 4.71. The molecule has 0 heterocycles. The summed E-state index contributed by atoms with van der Waals surface area (Å²) in [5, 5.41) is -0.105. The number of likely N-dealkylation sites (N-methyl/N-ethyl adjacent to an activating group) is 1. The smallest absolute Gasteiger partial charge is 0.338 e. The second-order valence-electron chi connectivity index (χ2n) is 3.27. The maximum absolute atomic E-state index is 11.9. The first-order valence-electron chi connectivity index (χ1n) is 5.43. The maximum Gasteiger partial charge on any atom is 0.618 e. The molecule has 0 rings (SSSR count). The summed E-state index contributed by atoms with van der Waals surface area (Å²) in [6.45, 7) is 6.22. The number of nitrogens with zero attached hydrogens (tertiary/aromatic N) is 1. The van der Waals surface area contributed by atoms with E-state index in [1.807, 2.05) is 13.8 Å². The second-order valence-corrected chi connectivity index (χ2v) is 5.50. The Morgan fingerprint density at radius 1 is 1.28 bits per heavy atom. The fourth-order valence-corrected chi connectivity index (χ4v) is 2.11. The zero-order valence-corrected chi connectivity index (χ0v) is 12.9. The Morgan fingerprint density at radius 2 is 1.72 bits per heavy atom. The third-order valence-electron chi connectivity index (χ3n) is 2.26. The molecule has 0 radical (unpaired) electrons. The standard InChI is InChI=1S/C10H20ClNO5P/c1-6-12(7-2)10(13)9(11)8(3)17-18(14,15-4)16-5/h14H,6-7H2,1-5H3/q+1. The van der Waals surface area contributed by atoms with Gasteiger partial charge in [0.25, 0.3) is 5.91 Å². The van der Waals surface area contributed by atoms with Crippen LogP contribution >= 0.6 is 19.8 Å². The highest BCUT2D eigenvalue weighted by atomic mass is 35.5. The summed E-state index contributed by atoms with van der Waals surface area (Å²) in [4.78, 5) is 23.2. The minimum Gasteiger partial charge on any atom is -0.338 e. The first-order valence-corrected chi connectivity index (χ1v) is 7.31. The zero-order chi connectivity index (χ0) is 14.3. The van der Waals surface area contributed by atoms with Crippen molar-refractivity contribution in [3.05, 3.63) is 10.8 Å². The van der Waals surface area contributed by atoms with Crippen molar-refractivity contribution in [1.82, 2.24) is 4.90 Å². The van der Waals surface area contributed by atoms with Crippen molar-refractivity contribution >= 4 is 25.7 Å². The van der Waals surface area contributed by atoms with Gasteiger partial charge in [0.05, 0.1) is 14.2 Å². The van der Waals surface area contributed by atoms with Gasteiger partial charge in [-0.05, 0) is 13.8 Å². The summed E-state index contributed by atoms with van der Waals surface area (Å²) in [7, 11) is -0.960. The third-order valence-corrected chi connectivity index (χ3v) is 4.12. The zero-order valence-electron chi connectivity index (χ0n) is 11.3. The molecule has 0 aliphatic carbocycles. The maximum atomic E-state index is 11.9. The van der Waals surface area contributed by atoms with Gasteiger partial charge in [-0.3, -0.25) is 9.32 Å². The normalized spacial score (nSPS) is 13.1. The number of allylic oxidation sites excluding steroid dienone is 1. The van der Waals surface area contributed by atoms with Gasteiger partial charge < -0.3 is 4.90 Å². The Labute approximate surface area is 113 Å². The quantitative estimate of drug-likeness (QED) is 0.444. The fourth-order valence-electron chi connectivity index (χ4n) is 1.16. The lowest BCUT2D eigenvalue weighted by molar-refractivity contribution is -0.126. The van der Waals surface area contributed by atoms with E-state index in [-0.39, 0.29) is 16.7 Å². The molecule has 8 heteroatoms. The summed E-state index contributed by atoms with van der Waals surface area (Å²) >= 11 is 5.91. The highest BCUT2D eigenvalue weighted by molar-refractivity contribution is 7.55. The highest BCUT2D eigenvalue weighted by Crippen LogP contribution is 2.58. The number of amides is 1. The summed E-state index contributed by atoms with van der Waals surface area (Å²) in [5.74, 6) is -0.300. The number of hydrogen-bond donors (Lipinski definition) is 1. The minimum atomic E-state index is -3.44. The average Bonchev–Trinajstić information content (AvgIpc) is 2.38. The first-order chi connectivity index (χ1) is 8.35. The van der Waals surface area contributed by atoms with E-state index in [1.54, 1.807) is 0 Å². The van der Waals surface area contributed by atoms with Gasteiger partial charge in [0.1, 0.15) is 5.03 Å². The van der Waals surface area contributed by atoms with Crippen molar-refractivity contribution in [1.29, 1.82) is 0 Å². The van der Waals surface area contributed by atoms with Gasteiger partial charge in [-0.15, -0.1) is 9.05 Å². The van der Waals surface area contributed by atoms with Crippen LogP contribution in [0, 0.1) is 0 Å². The van der Waals surface area contributed by atoms with Gasteiger partial charge >= 0.3 is 8.17 Å². The summed E-state index contributed by atoms with van der Waals surface area (Å²) < 4.78 is 14.5. The van der Waals surface area contributed by atoms with E-state index in [0.717, 1.165) is 0 Å². The van der Waals surface area contributed by atoms with Crippen molar-refractivity contribution in [2.75, 3.05) is 27.3 Å². The van der Waals surface area contributed by atoms with Crippen LogP contribution in [0.2, 0.25) is 0 Å². The van der Waals surface area contributed by atoms with Crippen molar-refractivity contribution in [3.8, 4) is 0 Å².